The molecule has 0 unspecified atom stereocenters. The highest BCUT2D eigenvalue weighted by Gasteiger charge is 2.18. The van der Waals surface area contributed by atoms with Crippen molar-refractivity contribution in [3.8, 4) is 11.3 Å². The third-order valence-electron chi connectivity index (χ3n) is 4.01. The standard InChI is InChI=1S/C17H20N2OS/c1-12-18-16(11-21-12)14-7-4-8-15(10-14)19-17(20)9-13-5-2-3-6-13/h4,7-8,10-11,13H,2-3,5-6,9H2,1H3,(H,19,20). The first-order valence-electron chi connectivity index (χ1n) is 7.53. The van der Waals surface area contributed by atoms with Crippen LogP contribution in [0.15, 0.2) is 29.6 Å². The Morgan fingerprint density at radius 3 is 2.90 bits per heavy atom. The average Bonchev–Trinajstić information content (AvgIpc) is 3.10. The van der Waals surface area contributed by atoms with Crippen LogP contribution < -0.4 is 5.32 Å². The minimum atomic E-state index is 0.133. The van der Waals surface area contributed by atoms with Crippen LogP contribution >= 0.6 is 11.3 Å². The third kappa shape index (κ3) is 3.70. The molecule has 1 aromatic carbocycles. The zero-order valence-corrected chi connectivity index (χ0v) is 13.1. The van der Waals surface area contributed by atoms with Crippen molar-refractivity contribution in [1.29, 1.82) is 0 Å². The molecule has 1 aliphatic rings. The molecule has 110 valence electrons. The number of nitrogens with one attached hydrogen (secondary N) is 1. The maximum absolute atomic E-state index is 12.1. The lowest BCUT2D eigenvalue weighted by atomic mass is 10.0. The van der Waals surface area contributed by atoms with E-state index in [9.17, 15) is 4.79 Å². The van der Waals surface area contributed by atoms with Crippen molar-refractivity contribution in [1.82, 2.24) is 4.98 Å². The van der Waals surface area contributed by atoms with Crippen molar-refractivity contribution in [3.63, 3.8) is 0 Å². The molecule has 4 heteroatoms. The van der Waals surface area contributed by atoms with Crippen LogP contribution in [0, 0.1) is 12.8 Å². The number of carbonyl (C=O) groups is 1. The average molecular weight is 300 g/mol. The van der Waals surface area contributed by atoms with Gasteiger partial charge < -0.3 is 5.32 Å². The highest BCUT2D eigenvalue weighted by molar-refractivity contribution is 7.09. The van der Waals surface area contributed by atoms with Gasteiger partial charge >= 0.3 is 0 Å². The molecule has 3 nitrogen and oxygen atoms in total. The first kappa shape index (κ1) is 14.3. The fraction of sp³-hybridized carbons (Fsp3) is 0.412. The summed E-state index contributed by atoms with van der Waals surface area (Å²) >= 11 is 1.64. The largest absolute Gasteiger partial charge is 0.326 e. The second-order valence-corrected chi connectivity index (χ2v) is 6.80. The predicted molar refractivity (Wildman–Crippen MR) is 87.5 cm³/mol. The van der Waals surface area contributed by atoms with Gasteiger partial charge in [-0.1, -0.05) is 25.0 Å². The number of aryl methyl sites for hydroxylation is 1. The Morgan fingerprint density at radius 1 is 1.38 bits per heavy atom. The summed E-state index contributed by atoms with van der Waals surface area (Å²) in [4.78, 5) is 16.6. The van der Waals surface area contributed by atoms with Gasteiger partial charge in [0.2, 0.25) is 5.91 Å². The van der Waals surface area contributed by atoms with E-state index in [1.54, 1.807) is 11.3 Å². The molecule has 1 saturated carbocycles. The highest BCUT2D eigenvalue weighted by Crippen LogP contribution is 2.28. The first-order chi connectivity index (χ1) is 10.2. The molecule has 0 spiro atoms. The fourth-order valence-electron chi connectivity index (χ4n) is 2.94. The second kappa shape index (κ2) is 6.39. The van der Waals surface area contributed by atoms with Crippen LogP contribution in [0.2, 0.25) is 0 Å². The van der Waals surface area contributed by atoms with E-state index >= 15 is 0 Å². The quantitative estimate of drug-likeness (QED) is 0.894. The van der Waals surface area contributed by atoms with E-state index in [-0.39, 0.29) is 5.91 Å². The minimum absolute atomic E-state index is 0.133. The van der Waals surface area contributed by atoms with Crippen molar-refractivity contribution in [2.24, 2.45) is 5.92 Å². The van der Waals surface area contributed by atoms with Crippen LogP contribution in [0.3, 0.4) is 0 Å². The van der Waals surface area contributed by atoms with E-state index in [1.165, 1.54) is 25.7 Å². The van der Waals surface area contributed by atoms with Gasteiger partial charge in [0.05, 0.1) is 10.7 Å². The summed E-state index contributed by atoms with van der Waals surface area (Å²) in [6.07, 6.45) is 5.60. The van der Waals surface area contributed by atoms with Gasteiger partial charge in [-0.25, -0.2) is 4.98 Å². The van der Waals surface area contributed by atoms with Crippen molar-refractivity contribution in [3.05, 3.63) is 34.7 Å². The summed E-state index contributed by atoms with van der Waals surface area (Å²) in [5.41, 5.74) is 2.89. The first-order valence-corrected chi connectivity index (χ1v) is 8.41. The van der Waals surface area contributed by atoms with Crippen molar-refractivity contribution in [2.75, 3.05) is 5.32 Å². The summed E-state index contributed by atoms with van der Waals surface area (Å²) in [5.74, 6) is 0.711. The van der Waals surface area contributed by atoms with Crippen molar-refractivity contribution < 1.29 is 4.79 Å². The fourth-order valence-corrected chi connectivity index (χ4v) is 3.56. The van der Waals surface area contributed by atoms with Crippen molar-refractivity contribution in [2.45, 2.75) is 39.0 Å². The van der Waals surface area contributed by atoms with Crippen LogP contribution in [0.5, 0.6) is 0 Å². The molecule has 1 heterocycles. The molecule has 1 aromatic heterocycles. The highest BCUT2D eigenvalue weighted by atomic mass is 32.1. The SMILES string of the molecule is Cc1nc(-c2cccc(NC(=O)CC3CCCC3)c2)cs1. The lowest BCUT2D eigenvalue weighted by Gasteiger charge is -2.10. The number of rotatable bonds is 4. The van der Waals surface area contributed by atoms with Gasteiger partial charge in [-0.2, -0.15) is 0 Å². The van der Waals surface area contributed by atoms with E-state index < -0.39 is 0 Å². The topological polar surface area (TPSA) is 42.0 Å². The molecule has 1 aliphatic carbocycles. The summed E-state index contributed by atoms with van der Waals surface area (Å²) in [6.45, 7) is 2.00. The van der Waals surface area contributed by atoms with Crippen LogP contribution in [-0.2, 0) is 4.79 Å². The van der Waals surface area contributed by atoms with Gasteiger partial charge in [-0.3, -0.25) is 4.79 Å². The smallest absolute Gasteiger partial charge is 0.224 e. The van der Waals surface area contributed by atoms with E-state index in [4.69, 9.17) is 0 Å². The van der Waals surface area contributed by atoms with Gasteiger partial charge in [0.15, 0.2) is 0 Å². The molecule has 1 N–H and O–H groups in total. The number of carbonyl (C=O) groups excluding carboxylic acids is 1. The van der Waals surface area contributed by atoms with E-state index in [1.807, 2.05) is 31.2 Å². The number of hydrogen-bond acceptors (Lipinski definition) is 3. The summed E-state index contributed by atoms with van der Waals surface area (Å²) in [5, 5.41) is 6.13. The third-order valence-corrected chi connectivity index (χ3v) is 4.78. The maximum atomic E-state index is 12.1. The molecule has 0 saturated heterocycles. The van der Waals surface area contributed by atoms with Gasteiger partial charge in [0, 0.05) is 23.1 Å². The van der Waals surface area contributed by atoms with E-state index in [0.717, 1.165) is 22.0 Å². The van der Waals surface area contributed by atoms with Crippen LogP contribution in [0.25, 0.3) is 11.3 Å². The van der Waals surface area contributed by atoms with Gasteiger partial charge in [-0.05, 0) is 37.8 Å². The number of aromatic nitrogens is 1. The Labute approximate surface area is 129 Å². The van der Waals surface area contributed by atoms with Crippen molar-refractivity contribution >= 4 is 22.9 Å². The minimum Gasteiger partial charge on any atom is -0.326 e. The van der Waals surface area contributed by atoms with Crippen LogP contribution in [0.4, 0.5) is 5.69 Å². The van der Waals surface area contributed by atoms with Gasteiger partial charge in [-0.15, -0.1) is 11.3 Å². The Kier molecular flexibility index (Phi) is 4.34. The molecule has 0 atom stereocenters. The van der Waals surface area contributed by atoms with Gasteiger partial charge in [0.1, 0.15) is 0 Å². The monoisotopic (exact) mass is 300 g/mol. The molecular weight excluding hydrogens is 280 g/mol. The van der Waals surface area contributed by atoms with E-state index in [0.29, 0.717) is 12.3 Å². The number of benzene rings is 1. The number of hydrogen-bond donors (Lipinski definition) is 1. The molecular formula is C17H20N2OS. The normalized spacial score (nSPS) is 15.3. The molecule has 21 heavy (non-hydrogen) atoms. The molecule has 2 aromatic rings. The number of thiazole rings is 1. The maximum Gasteiger partial charge on any atom is 0.224 e. The van der Waals surface area contributed by atoms with Gasteiger partial charge in [0.25, 0.3) is 0 Å². The molecule has 0 aliphatic heterocycles. The zero-order chi connectivity index (χ0) is 14.7. The number of anilines is 1. The number of amides is 1. The lowest BCUT2D eigenvalue weighted by Crippen LogP contribution is -2.15. The molecule has 0 radical (unpaired) electrons. The Morgan fingerprint density at radius 2 is 2.19 bits per heavy atom. The number of nitrogens with zero attached hydrogens (tertiary/aromatic N) is 1. The zero-order valence-electron chi connectivity index (χ0n) is 12.3. The Hall–Kier alpha value is -1.68. The van der Waals surface area contributed by atoms with Crippen LogP contribution in [0.1, 0.15) is 37.1 Å². The second-order valence-electron chi connectivity index (χ2n) is 5.74. The summed E-state index contributed by atoms with van der Waals surface area (Å²) in [6, 6.07) is 7.94. The lowest BCUT2D eigenvalue weighted by molar-refractivity contribution is -0.117. The predicted octanol–water partition coefficient (Wildman–Crippen LogP) is 4.64. The summed E-state index contributed by atoms with van der Waals surface area (Å²) in [7, 11) is 0. The molecule has 3 rings (SSSR count). The summed E-state index contributed by atoms with van der Waals surface area (Å²) < 4.78 is 0. The molecule has 0 bridgehead atoms. The Balaban J connectivity index is 1.66. The van der Waals surface area contributed by atoms with Crippen LogP contribution in [-0.4, -0.2) is 10.9 Å². The van der Waals surface area contributed by atoms with E-state index in [2.05, 4.69) is 15.7 Å². The Bertz CT molecular complexity index is 629. The molecule has 1 fully saturated rings. The molecule has 1 amide bonds.